The van der Waals surface area contributed by atoms with Crippen LogP contribution in [0.2, 0.25) is 0 Å². The van der Waals surface area contributed by atoms with Crippen LogP contribution in [0.5, 0.6) is 0 Å². The fraction of sp³-hybridized carbons (Fsp3) is 0.911. The third-order valence-electron chi connectivity index (χ3n) is 10.0. The second-order valence-electron chi connectivity index (χ2n) is 16.8. The van der Waals surface area contributed by atoms with Gasteiger partial charge in [0.2, 0.25) is 0 Å². The number of allylic oxidation sites excluding steroid dienone is 2. The summed E-state index contributed by atoms with van der Waals surface area (Å²) in [5.41, 5.74) is 0. The van der Waals surface area contributed by atoms with E-state index in [9.17, 15) is 19.0 Å². The van der Waals surface area contributed by atoms with Crippen molar-refractivity contribution in [3.63, 3.8) is 0 Å². The zero-order valence-corrected chi connectivity index (χ0v) is 37.6. The molecular weight excluding hydrogens is 713 g/mol. The van der Waals surface area contributed by atoms with Gasteiger partial charge in [0.1, 0.15) is 19.8 Å². The maximum absolute atomic E-state index is 12.7. The van der Waals surface area contributed by atoms with Gasteiger partial charge in [0.15, 0.2) is 6.10 Å². The number of phosphoric acid groups is 1. The molecule has 0 saturated heterocycles. The molecule has 0 amide bonds. The highest BCUT2D eigenvalue weighted by atomic mass is 31.2. The van der Waals surface area contributed by atoms with Crippen molar-refractivity contribution >= 4 is 19.8 Å². The first-order chi connectivity index (χ1) is 26.5. The summed E-state index contributed by atoms with van der Waals surface area (Å²) in [6, 6.07) is 0. The number of carbonyl (C=O) groups excluding carboxylic acids is 2. The van der Waals surface area contributed by atoms with Crippen molar-refractivity contribution in [1.29, 1.82) is 0 Å². The molecule has 326 valence electrons. The van der Waals surface area contributed by atoms with Gasteiger partial charge in [0.05, 0.1) is 27.7 Å². The van der Waals surface area contributed by atoms with Crippen molar-refractivity contribution in [1.82, 2.24) is 0 Å². The lowest BCUT2D eigenvalue weighted by molar-refractivity contribution is -0.870. The Labute approximate surface area is 339 Å². The normalized spacial score (nSPS) is 13.6. The van der Waals surface area contributed by atoms with Gasteiger partial charge in [-0.05, 0) is 38.5 Å². The Morgan fingerprint density at radius 3 is 1.35 bits per heavy atom. The molecule has 0 aromatic heterocycles. The first-order valence-corrected chi connectivity index (χ1v) is 24.4. The molecule has 0 heterocycles. The minimum absolute atomic E-state index is 0.0340. The molecule has 10 heteroatoms. The van der Waals surface area contributed by atoms with Crippen LogP contribution in [0.3, 0.4) is 0 Å². The number of hydrogen-bond donors (Lipinski definition) is 1. The monoisotopic (exact) mass is 803 g/mol. The molecule has 0 bridgehead atoms. The van der Waals surface area contributed by atoms with Gasteiger partial charge in [0.25, 0.3) is 0 Å². The molecule has 0 fully saturated rings. The van der Waals surface area contributed by atoms with E-state index >= 15 is 0 Å². The van der Waals surface area contributed by atoms with E-state index in [0.29, 0.717) is 23.9 Å². The minimum Gasteiger partial charge on any atom is -0.462 e. The molecule has 0 aliphatic rings. The Bertz CT molecular complexity index is 954. The van der Waals surface area contributed by atoms with Gasteiger partial charge in [0, 0.05) is 12.8 Å². The van der Waals surface area contributed by atoms with Crippen molar-refractivity contribution in [3.05, 3.63) is 12.2 Å². The smallest absolute Gasteiger partial charge is 0.462 e. The van der Waals surface area contributed by atoms with Crippen molar-refractivity contribution < 1.29 is 42.1 Å². The number of quaternary nitrogens is 1. The molecule has 0 aliphatic heterocycles. The number of phosphoric ester groups is 1. The largest absolute Gasteiger partial charge is 0.472 e. The van der Waals surface area contributed by atoms with Gasteiger partial charge in [-0.2, -0.15) is 0 Å². The van der Waals surface area contributed by atoms with E-state index in [1.165, 1.54) is 135 Å². The second-order valence-corrected chi connectivity index (χ2v) is 18.2. The summed E-state index contributed by atoms with van der Waals surface area (Å²) in [7, 11) is 1.48. The Kier molecular flexibility index (Phi) is 37.4. The predicted octanol–water partition coefficient (Wildman–Crippen LogP) is 13.0. The lowest BCUT2D eigenvalue weighted by Crippen LogP contribution is -2.37. The lowest BCUT2D eigenvalue weighted by atomic mass is 10.0. The van der Waals surface area contributed by atoms with Crippen molar-refractivity contribution in [3.8, 4) is 0 Å². The summed E-state index contributed by atoms with van der Waals surface area (Å²) in [5, 5.41) is 0. The molecule has 0 aromatic carbocycles. The third-order valence-corrected chi connectivity index (χ3v) is 11.0. The van der Waals surface area contributed by atoms with Crippen LogP contribution in [0.4, 0.5) is 0 Å². The summed E-state index contributed by atoms with van der Waals surface area (Å²) in [4.78, 5) is 35.4. The van der Waals surface area contributed by atoms with Crippen molar-refractivity contribution in [2.75, 3.05) is 47.5 Å². The molecule has 0 spiro atoms. The Morgan fingerprint density at radius 1 is 0.545 bits per heavy atom. The quantitative estimate of drug-likeness (QED) is 0.0214. The predicted molar refractivity (Wildman–Crippen MR) is 229 cm³/mol. The Hall–Kier alpha value is -1.25. The SMILES string of the molecule is CCCCCCCCC/C=C\CCCCCCCCCC(=O)OC(COC(=O)CCCCCCCCCCCCCCC)COP(=O)(O)OCC[N+](C)(C)C. The van der Waals surface area contributed by atoms with E-state index in [2.05, 4.69) is 26.0 Å². The molecular formula is C45H89NO8P+. The summed E-state index contributed by atoms with van der Waals surface area (Å²) in [6.07, 6.45) is 39.6. The van der Waals surface area contributed by atoms with Crippen LogP contribution < -0.4 is 0 Å². The molecule has 2 atom stereocenters. The fourth-order valence-electron chi connectivity index (χ4n) is 6.42. The van der Waals surface area contributed by atoms with Crippen LogP contribution in [0.1, 0.15) is 213 Å². The molecule has 0 rings (SSSR count). The molecule has 0 aromatic rings. The topological polar surface area (TPSA) is 108 Å². The first kappa shape index (κ1) is 53.8. The van der Waals surface area contributed by atoms with E-state index < -0.39 is 26.5 Å². The molecule has 55 heavy (non-hydrogen) atoms. The number of nitrogens with zero attached hydrogens (tertiary/aromatic N) is 1. The Balaban J connectivity index is 4.31. The highest BCUT2D eigenvalue weighted by Gasteiger charge is 2.27. The van der Waals surface area contributed by atoms with Gasteiger partial charge in [-0.15, -0.1) is 0 Å². The number of esters is 2. The van der Waals surface area contributed by atoms with Crippen LogP contribution in [-0.2, 0) is 32.7 Å². The van der Waals surface area contributed by atoms with Crippen molar-refractivity contribution in [2.24, 2.45) is 0 Å². The molecule has 0 radical (unpaired) electrons. The summed E-state index contributed by atoms with van der Waals surface area (Å²) in [5.74, 6) is -0.793. The fourth-order valence-corrected chi connectivity index (χ4v) is 7.16. The number of rotatable bonds is 42. The van der Waals surface area contributed by atoms with Crippen molar-refractivity contribution in [2.45, 2.75) is 219 Å². The van der Waals surface area contributed by atoms with Gasteiger partial charge in [-0.1, -0.05) is 174 Å². The van der Waals surface area contributed by atoms with E-state index in [0.717, 1.165) is 44.9 Å². The number of carbonyl (C=O) groups is 2. The maximum Gasteiger partial charge on any atom is 0.472 e. The number of likely N-dealkylation sites (N-methyl/N-ethyl adjacent to an activating group) is 1. The van der Waals surface area contributed by atoms with Gasteiger partial charge < -0.3 is 18.9 Å². The molecule has 0 saturated carbocycles. The van der Waals surface area contributed by atoms with E-state index in [-0.39, 0.29) is 25.6 Å². The van der Waals surface area contributed by atoms with Crippen LogP contribution in [0, 0.1) is 0 Å². The molecule has 2 unspecified atom stereocenters. The highest BCUT2D eigenvalue weighted by molar-refractivity contribution is 7.47. The molecule has 1 N–H and O–H groups in total. The average Bonchev–Trinajstić information content (AvgIpc) is 3.13. The zero-order chi connectivity index (χ0) is 40.7. The second kappa shape index (κ2) is 38.3. The first-order valence-electron chi connectivity index (χ1n) is 22.9. The van der Waals surface area contributed by atoms with Gasteiger partial charge >= 0.3 is 19.8 Å². The van der Waals surface area contributed by atoms with E-state index in [1.54, 1.807) is 0 Å². The van der Waals surface area contributed by atoms with Crippen LogP contribution in [0.15, 0.2) is 12.2 Å². The number of hydrogen-bond acceptors (Lipinski definition) is 7. The van der Waals surface area contributed by atoms with Gasteiger partial charge in [-0.25, -0.2) is 4.57 Å². The summed E-state index contributed by atoms with van der Waals surface area (Å²) < 4.78 is 34.3. The molecule has 0 aliphatic carbocycles. The van der Waals surface area contributed by atoms with Crippen LogP contribution in [-0.4, -0.2) is 74.9 Å². The number of unbranched alkanes of at least 4 members (excludes halogenated alkanes) is 26. The summed E-state index contributed by atoms with van der Waals surface area (Å²) >= 11 is 0. The minimum atomic E-state index is -4.37. The van der Waals surface area contributed by atoms with Crippen LogP contribution >= 0.6 is 7.82 Å². The number of ether oxygens (including phenoxy) is 2. The van der Waals surface area contributed by atoms with Gasteiger partial charge in [-0.3, -0.25) is 18.6 Å². The lowest BCUT2D eigenvalue weighted by Gasteiger charge is -2.24. The summed E-state index contributed by atoms with van der Waals surface area (Å²) in [6.45, 7) is 4.44. The Morgan fingerprint density at radius 2 is 0.927 bits per heavy atom. The average molecular weight is 803 g/mol. The van der Waals surface area contributed by atoms with Crippen LogP contribution in [0.25, 0.3) is 0 Å². The standard InChI is InChI=1S/C45H88NO8P/c1-6-8-10-12-14-16-18-20-21-22-23-24-26-28-30-32-34-36-38-45(48)54-43(42-53-55(49,50)52-40-39-46(3,4)5)41-51-44(47)37-35-33-31-29-27-25-19-17-15-13-11-9-7-2/h21-22,43H,6-20,23-42H2,1-5H3/p+1/b22-21-. The molecule has 9 nitrogen and oxygen atoms in total. The third kappa shape index (κ3) is 42.2. The van der Waals surface area contributed by atoms with E-state index in [4.69, 9.17) is 18.5 Å². The highest BCUT2D eigenvalue weighted by Crippen LogP contribution is 2.43. The van der Waals surface area contributed by atoms with E-state index in [1.807, 2.05) is 21.1 Å². The zero-order valence-electron chi connectivity index (χ0n) is 36.7. The maximum atomic E-state index is 12.7.